The molecule has 3 atom stereocenters. The molecule has 0 bridgehead atoms. The van der Waals surface area contributed by atoms with Gasteiger partial charge < -0.3 is 10.6 Å². The molecule has 3 rings (SSSR count). The number of fused-ring (bicyclic) bond motifs is 1. The molecule has 2 saturated heterocycles. The second-order valence-corrected chi connectivity index (χ2v) is 7.76. The lowest BCUT2D eigenvalue weighted by Gasteiger charge is -2.45. The van der Waals surface area contributed by atoms with Crippen LogP contribution >= 0.6 is 0 Å². The Morgan fingerprint density at radius 3 is 2.79 bits per heavy atom. The van der Waals surface area contributed by atoms with Crippen molar-refractivity contribution in [2.75, 3.05) is 32.7 Å². The van der Waals surface area contributed by atoms with E-state index in [0.29, 0.717) is 11.5 Å². The maximum atomic E-state index is 6.54. The Bertz CT molecular complexity index is 315. The first-order chi connectivity index (χ1) is 9.06. The van der Waals surface area contributed by atoms with Gasteiger partial charge in [0, 0.05) is 38.3 Å². The largest absolute Gasteiger partial charge is 0.327 e. The zero-order valence-corrected chi connectivity index (χ0v) is 12.8. The fourth-order valence-corrected chi connectivity index (χ4v) is 4.56. The fraction of sp³-hybridized carbons (Fsp3) is 1.00. The molecule has 110 valence electrons. The predicted octanol–water partition coefficient (Wildman–Crippen LogP) is 1.92. The monoisotopic (exact) mass is 265 g/mol. The van der Waals surface area contributed by atoms with E-state index in [1.165, 1.54) is 64.8 Å². The van der Waals surface area contributed by atoms with Crippen molar-refractivity contribution in [3.63, 3.8) is 0 Å². The molecule has 3 heteroatoms. The lowest BCUT2D eigenvalue weighted by molar-refractivity contribution is 0.0580. The van der Waals surface area contributed by atoms with Crippen LogP contribution in [0, 0.1) is 11.3 Å². The minimum atomic E-state index is 0.345. The maximum Gasteiger partial charge on any atom is 0.0224 e. The van der Waals surface area contributed by atoms with E-state index in [9.17, 15) is 0 Å². The van der Waals surface area contributed by atoms with Crippen molar-refractivity contribution in [1.82, 2.24) is 9.80 Å². The number of hydrogen-bond acceptors (Lipinski definition) is 3. The number of rotatable bonds is 2. The van der Waals surface area contributed by atoms with E-state index in [-0.39, 0.29) is 0 Å². The molecule has 3 unspecified atom stereocenters. The Balaban J connectivity index is 1.56. The standard InChI is InChI=1S/C16H31N3/c1-16(2)7-3-5-13(15(16)17)11-18-9-10-19-8-4-6-14(19)12-18/h13-15H,3-12,17H2,1-2H3. The molecule has 19 heavy (non-hydrogen) atoms. The van der Waals surface area contributed by atoms with Crippen LogP contribution in [-0.4, -0.2) is 54.6 Å². The highest BCUT2D eigenvalue weighted by atomic mass is 15.3. The molecular weight excluding hydrogens is 234 g/mol. The van der Waals surface area contributed by atoms with E-state index >= 15 is 0 Å². The first-order valence-corrected chi connectivity index (χ1v) is 8.28. The van der Waals surface area contributed by atoms with Gasteiger partial charge in [-0.15, -0.1) is 0 Å². The van der Waals surface area contributed by atoms with Crippen LogP contribution in [0.5, 0.6) is 0 Å². The van der Waals surface area contributed by atoms with Crippen LogP contribution in [0.25, 0.3) is 0 Å². The molecule has 0 aromatic heterocycles. The van der Waals surface area contributed by atoms with E-state index in [0.717, 1.165) is 12.0 Å². The smallest absolute Gasteiger partial charge is 0.0224 e. The van der Waals surface area contributed by atoms with Gasteiger partial charge in [0.05, 0.1) is 0 Å². The number of piperazine rings is 1. The van der Waals surface area contributed by atoms with Gasteiger partial charge in [-0.05, 0) is 43.6 Å². The summed E-state index contributed by atoms with van der Waals surface area (Å²) < 4.78 is 0. The molecule has 2 aliphatic heterocycles. The van der Waals surface area contributed by atoms with Crippen molar-refractivity contribution in [1.29, 1.82) is 0 Å². The summed E-state index contributed by atoms with van der Waals surface area (Å²) in [5, 5.41) is 0. The van der Waals surface area contributed by atoms with Crippen LogP contribution < -0.4 is 5.73 Å². The molecule has 0 amide bonds. The van der Waals surface area contributed by atoms with Crippen LogP contribution in [0.4, 0.5) is 0 Å². The molecule has 0 aromatic rings. The zero-order valence-electron chi connectivity index (χ0n) is 12.8. The number of nitrogens with two attached hydrogens (primary N) is 1. The van der Waals surface area contributed by atoms with Crippen LogP contribution in [-0.2, 0) is 0 Å². The Morgan fingerprint density at radius 2 is 1.95 bits per heavy atom. The van der Waals surface area contributed by atoms with E-state index in [1.54, 1.807) is 0 Å². The Kier molecular flexibility index (Phi) is 3.89. The summed E-state index contributed by atoms with van der Waals surface area (Å²) in [7, 11) is 0. The topological polar surface area (TPSA) is 32.5 Å². The van der Waals surface area contributed by atoms with Crippen LogP contribution in [0.1, 0.15) is 46.0 Å². The minimum absolute atomic E-state index is 0.345. The van der Waals surface area contributed by atoms with E-state index in [2.05, 4.69) is 23.6 Å². The molecule has 2 heterocycles. The van der Waals surface area contributed by atoms with Gasteiger partial charge >= 0.3 is 0 Å². The highest BCUT2D eigenvalue weighted by molar-refractivity contribution is 4.94. The maximum absolute atomic E-state index is 6.54. The summed E-state index contributed by atoms with van der Waals surface area (Å²) in [6, 6.07) is 1.24. The van der Waals surface area contributed by atoms with E-state index in [4.69, 9.17) is 5.73 Å². The molecule has 0 aromatic carbocycles. The minimum Gasteiger partial charge on any atom is -0.327 e. The van der Waals surface area contributed by atoms with Gasteiger partial charge in [-0.1, -0.05) is 20.3 Å². The average Bonchev–Trinajstić information content (AvgIpc) is 2.82. The quantitative estimate of drug-likeness (QED) is 0.828. The third-order valence-corrected chi connectivity index (χ3v) is 5.97. The molecule has 0 spiro atoms. The summed E-state index contributed by atoms with van der Waals surface area (Å²) in [5.41, 5.74) is 6.89. The summed E-state index contributed by atoms with van der Waals surface area (Å²) in [6.07, 6.45) is 6.85. The second kappa shape index (κ2) is 5.34. The Hall–Kier alpha value is -0.120. The molecule has 0 radical (unpaired) electrons. The van der Waals surface area contributed by atoms with Gasteiger partial charge in [0.1, 0.15) is 0 Å². The molecule has 3 nitrogen and oxygen atoms in total. The third kappa shape index (κ3) is 2.84. The summed E-state index contributed by atoms with van der Waals surface area (Å²) in [6.45, 7) is 11.2. The van der Waals surface area contributed by atoms with Crippen molar-refractivity contribution in [2.24, 2.45) is 17.1 Å². The van der Waals surface area contributed by atoms with E-state index < -0.39 is 0 Å². The van der Waals surface area contributed by atoms with Crippen LogP contribution in [0.3, 0.4) is 0 Å². The van der Waals surface area contributed by atoms with Crippen molar-refractivity contribution in [3.05, 3.63) is 0 Å². The Morgan fingerprint density at radius 1 is 1.11 bits per heavy atom. The summed E-state index contributed by atoms with van der Waals surface area (Å²) in [5.74, 6) is 0.719. The fourth-order valence-electron chi connectivity index (χ4n) is 4.56. The molecule has 1 saturated carbocycles. The summed E-state index contributed by atoms with van der Waals surface area (Å²) in [4.78, 5) is 5.40. The van der Waals surface area contributed by atoms with Crippen molar-refractivity contribution in [3.8, 4) is 0 Å². The van der Waals surface area contributed by atoms with Gasteiger partial charge in [0.25, 0.3) is 0 Å². The zero-order chi connectivity index (χ0) is 13.5. The van der Waals surface area contributed by atoms with Crippen molar-refractivity contribution < 1.29 is 0 Å². The molecule has 3 fully saturated rings. The highest BCUT2D eigenvalue weighted by Gasteiger charge is 2.38. The van der Waals surface area contributed by atoms with Crippen LogP contribution in [0.2, 0.25) is 0 Å². The number of hydrogen-bond donors (Lipinski definition) is 1. The van der Waals surface area contributed by atoms with Gasteiger partial charge in [0.2, 0.25) is 0 Å². The van der Waals surface area contributed by atoms with Gasteiger partial charge in [-0.25, -0.2) is 0 Å². The van der Waals surface area contributed by atoms with E-state index in [1.807, 2.05) is 0 Å². The van der Waals surface area contributed by atoms with Crippen LogP contribution in [0.15, 0.2) is 0 Å². The third-order valence-electron chi connectivity index (χ3n) is 5.97. The predicted molar refractivity (Wildman–Crippen MR) is 80.1 cm³/mol. The molecule has 2 N–H and O–H groups in total. The SMILES string of the molecule is CC1(C)CCCC(CN2CCN3CCCC3C2)C1N. The molecule has 1 aliphatic carbocycles. The molecular formula is C16H31N3. The van der Waals surface area contributed by atoms with Gasteiger partial charge in [-0.3, -0.25) is 4.90 Å². The van der Waals surface area contributed by atoms with Crippen molar-refractivity contribution >= 4 is 0 Å². The Labute approximate surface area is 118 Å². The van der Waals surface area contributed by atoms with Crippen molar-refractivity contribution in [2.45, 2.75) is 58.0 Å². The summed E-state index contributed by atoms with van der Waals surface area (Å²) >= 11 is 0. The van der Waals surface area contributed by atoms with Gasteiger partial charge in [-0.2, -0.15) is 0 Å². The first-order valence-electron chi connectivity index (χ1n) is 8.28. The normalized spacial score (nSPS) is 40.3. The molecule has 3 aliphatic rings. The lowest BCUT2D eigenvalue weighted by atomic mass is 9.68. The average molecular weight is 265 g/mol. The second-order valence-electron chi connectivity index (χ2n) is 7.76. The van der Waals surface area contributed by atoms with Gasteiger partial charge in [0.15, 0.2) is 0 Å². The first kappa shape index (κ1) is 13.8. The number of nitrogens with zero attached hydrogens (tertiary/aromatic N) is 2. The highest BCUT2D eigenvalue weighted by Crippen LogP contribution is 2.38. The lowest BCUT2D eigenvalue weighted by Crippen LogP contribution is -2.55.